The lowest BCUT2D eigenvalue weighted by atomic mass is 10.2. The smallest absolute Gasteiger partial charge is 0.272 e. The Morgan fingerprint density at radius 3 is 2.54 bits per heavy atom. The van der Waals surface area contributed by atoms with Gasteiger partial charge in [-0.25, -0.2) is 4.68 Å². The first kappa shape index (κ1) is 17.8. The molecular formula is C21H21N5O2. The molecule has 142 valence electrons. The highest BCUT2D eigenvalue weighted by atomic mass is 16.3. The molecule has 0 atom stereocenters. The number of nitrogens with zero attached hydrogens (tertiary/aromatic N) is 3. The molecule has 3 aromatic heterocycles. The van der Waals surface area contributed by atoms with Gasteiger partial charge in [0.2, 0.25) is 0 Å². The lowest BCUT2D eigenvalue weighted by molar-refractivity contribution is 0.0946. The zero-order valence-corrected chi connectivity index (χ0v) is 16.0. The third-order valence-electron chi connectivity index (χ3n) is 4.46. The number of rotatable bonds is 5. The maximum atomic E-state index is 12.4. The molecule has 0 aliphatic rings. The molecule has 0 unspecified atom stereocenters. The van der Waals surface area contributed by atoms with Crippen LogP contribution < -0.4 is 5.32 Å². The second kappa shape index (κ2) is 7.19. The molecule has 2 N–H and O–H groups in total. The van der Waals surface area contributed by atoms with Gasteiger partial charge in [0, 0.05) is 18.3 Å². The van der Waals surface area contributed by atoms with Crippen LogP contribution in [0.3, 0.4) is 0 Å². The van der Waals surface area contributed by atoms with E-state index in [0.717, 1.165) is 28.4 Å². The standard InChI is InChI=1S/C21H21N5O2/c1-13-10-14(2)26(25-13)17-7-5-16(6-8-17)12-22-21(27)19-11-18(23-24-19)20-9-4-15(3)28-20/h4-11H,12H2,1-3H3,(H,22,27)(H,23,24). The van der Waals surface area contributed by atoms with Crippen LogP contribution >= 0.6 is 0 Å². The molecule has 3 heterocycles. The summed E-state index contributed by atoms with van der Waals surface area (Å²) < 4.78 is 7.44. The van der Waals surface area contributed by atoms with Crippen molar-refractivity contribution in [1.82, 2.24) is 25.3 Å². The minimum atomic E-state index is -0.242. The van der Waals surface area contributed by atoms with Crippen molar-refractivity contribution in [2.24, 2.45) is 0 Å². The molecular weight excluding hydrogens is 354 g/mol. The Bertz CT molecular complexity index is 1120. The van der Waals surface area contributed by atoms with Crippen molar-refractivity contribution < 1.29 is 9.21 Å². The van der Waals surface area contributed by atoms with Crippen molar-refractivity contribution >= 4 is 5.91 Å². The average Bonchev–Trinajstić information content (AvgIpc) is 3.40. The highest BCUT2D eigenvalue weighted by Gasteiger charge is 2.13. The second-order valence-corrected chi connectivity index (χ2v) is 6.77. The van der Waals surface area contributed by atoms with E-state index in [-0.39, 0.29) is 5.91 Å². The number of carbonyl (C=O) groups excluding carboxylic acids is 1. The molecule has 1 aromatic carbocycles. The Balaban J connectivity index is 1.40. The number of benzene rings is 1. The van der Waals surface area contributed by atoms with Crippen LogP contribution in [0.4, 0.5) is 0 Å². The maximum Gasteiger partial charge on any atom is 0.272 e. The zero-order chi connectivity index (χ0) is 19.7. The van der Waals surface area contributed by atoms with Crippen LogP contribution in [0.1, 0.15) is 33.2 Å². The molecule has 1 amide bonds. The van der Waals surface area contributed by atoms with Gasteiger partial charge in [-0.05, 0) is 56.7 Å². The molecule has 0 spiro atoms. The number of hydrogen-bond donors (Lipinski definition) is 2. The van der Waals surface area contributed by atoms with Gasteiger partial charge in [0.15, 0.2) is 11.5 Å². The van der Waals surface area contributed by atoms with E-state index in [1.54, 1.807) is 6.07 Å². The van der Waals surface area contributed by atoms with Gasteiger partial charge >= 0.3 is 0 Å². The summed E-state index contributed by atoms with van der Waals surface area (Å²) in [6.45, 7) is 6.28. The van der Waals surface area contributed by atoms with Crippen molar-refractivity contribution in [2.45, 2.75) is 27.3 Å². The summed E-state index contributed by atoms with van der Waals surface area (Å²) in [5, 5.41) is 14.3. The Morgan fingerprint density at radius 1 is 1.11 bits per heavy atom. The fraction of sp³-hybridized carbons (Fsp3) is 0.190. The summed E-state index contributed by atoms with van der Waals surface area (Å²) in [5.74, 6) is 1.22. The van der Waals surface area contributed by atoms with Crippen molar-refractivity contribution in [1.29, 1.82) is 0 Å². The average molecular weight is 375 g/mol. The van der Waals surface area contributed by atoms with Gasteiger partial charge in [0.1, 0.15) is 11.5 Å². The lowest BCUT2D eigenvalue weighted by Crippen LogP contribution is -2.23. The summed E-state index contributed by atoms with van der Waals surface area (Å²) >= 11 is 0. The summed E-state index contributed by atoms with van der Waals surface area (Å²) in [4.78, 5) is 12.4. The molecule has 0 saturated heterocycles. The normalized spacial score (nSPS) is 11.0. The molecule has 28 heavy (non-hydrogen) atoms. The fourth-order valence-electron chi connectivity index (χ4n) is 3.06. The van der Waals surface area contributed by atoms with Gasteiger partial charge in [0.05, 0.1) is 11.4 Å². The Hall–Kier alpha value is -3.61. The zero-order valence-electron chi connectivity index (χ0n) is 16.0. The van der Waals surface area contributed by atoms with Crippen molar-refractivity contribution in [2.75, 3.05) is 0 Å². The van der Waals surface area contributed by atoms with E-state index in [0.29, 0.717) is 23.7 Å². The van der Waals surface area contributed by atoms with Gasteiger partial charge in [-0.3, -0.25) is 9.89 Å². The number of aryl methyl sites for hydroxylation is 3. The maximum absolute atomic E-state index is 12.4. The minimum absolute atomic E-state index is 0.242. The van der Waals surface area contributed by atoms with Crippen LogP contribution in [0, 0.1) is 20.8 Å². The van der Waals surface area contributed by atoms with Crippen LogP contribution in [0.5, 0.6) is 0 Å². The highest BCUT2D eigenvalue weighted by Crippen LogP contribution is 2.20. The molecule has 7 heteroatoms. The number of amides is 1. The number of furan rings is 1. The van der Waals surface area contributed by atoms with Gasteiger partial charge in [-0.2, -0.15) is 10.2 Å². The molecule has 7 nitrogen and oxygen atoms in total. The first-order chi connectivity index (χ1) is 13.5. The predicted molar refractivity (Wildman–Crippen MR) is 105 cm³/mol. The fourth-order valence-corrected chi connectivity index (χ4v) is 3.06. The number of nitrogens with one attached hydrogen (secondary N) is 2. The highest BCUT2D eigenvalue weighted by molar-refractivity contribution is 5.93. The number of H-pyrrole nitrogens is 1. The summed E-state index contributed by atoms with van der Waals surface area (Å²) in [6, 6.07) is 15.4. The van der Waals surface area contributed by atoms with E-state index in [9.17, 15) is 4.79 Å². The number of aromatic amines is 1. The first-order valence-corrected chi connectivity index (χ1v) is 9.02. The van der Waals surface area contributed by atoms with E-state index in [2.05, 4.69) is 20.6 Å². The molecule has 0 fully saturated rings. The number of aromatic nitrogens is 4. The van der Waals surface area contributed by atoms with E-state index < -0.39 is 0 Å². The van der Waals surface area contributed by atoms with Crippen molar-refractivity contribution in [3.05, 3.63) is 76.9 Å². The van der Waals surface area contributed by atoms with Crippen molar-refractivity contribution in [3.63, 3.8) is 0 Å². The quantitative estimate of drug-likeness (QED) is 0.556. The van der Waals surface area contributed by atoms with Gasteiger partial charge in [-0.1, -0.05) is 12.1 Å². The van der Waals surface area contributed by atoms with Crippen molar-refractivity contribution in [3.8, 4) is 17.1 Å². The third kappa shape index (κ3) is 3.59. The largest absolute Gasteiger partial charge is 0.460 e. The molecule has 0 aliphatic carbocycles. The monoisotopic (exact) mass is 375 g/mol. The topological polar surface area (TPSA) is 88.7 Å². The Kier molecular flexibility index (Phi) is 4.57. The minimum Gasteiger partial charge on any atom is -0.460 e. The Morgan fingerprint density at radius 2 is 1.89 bits per heavy atom. The van der Waals surface area contributed by atoms with Gasteiger partial charge < -0.3 is 9.73 Å². The SMILES string of the molecule is Cc1cc(C)n(-c2ccc(CNC(=O)c3cc(-c4ccc(C)o4)[nH]n3)cc2)n1. The van der Waals surface area contributed by atoms with E-state index in [1.807, 2.05) is 67.9 Å². The predicted octanol–water partition coefficient (Wildman–Crippen LogP) is 3.71. The molecule has 0 radical (unpaired) electrons. The Labute approximate surface area is 162 Å². The van der Waals surface area contributed by atoms with Crippen LogP contribution in [0.15, 0.2) is 52.9 Å². The molecule has 0 saturated carbocycles. The van der Waals surface area contributed by atoms with E-state index in [4.69, 9.17) is 4.42 Å². The van der Waals surface area contributed by atoms with Crippen LogP contribution in [0.2, 0.25) is 0 Å². The third-order valence-corrected chi connectivity index (χ3v) is 4.46. The van der Waals surface area contributed by atoms with Crippen LogP contribution in [0.25, 0.3) is 17.1 Å². The first-order valence-electron chi connectivity index (χ1n) is 9.02. The van der Waals surface area contributed by atoms with Crippen LogP contribution in [-0.2, 0) is 6.54 Å². The van der Waals surface area contributed by atoms with E-state index in [1.165, 1.54) is 0 Å². The molecule has 0 bridgehead atoms. The van der Waals surface area contributed by atoms with Crippen LogP contribution in [-0.4, -0.2) is 25.9 Å². The molecule has 0 aliphatic heterocycles. The summed E-state index contributed by atoms with van der Waals surface area (Å²) in [6.07, 6.45) is 0. The summed E-state index contributed by atoms with van der Waals surface area (Å²) in [5.41, 5.74) is 5.05. The van der Waals surface area contributed by atoms with E-state index >= 15 is 0 Å². The summed E-state index contributed by atoms with van der Waals surface area (Å²) in [7, 11) is 0. The lowest BCUT2D eigenvalue weighted by Gasteiger charge is -2.07. The van der Waals surface area contributed by atoms with Gasteiger partial charge in [0.25, 0.3) is 5.91 Å². The van der Waals surface area contributed by atoms with Gasteiger partial charge in [-0.15, -0.1) is 0 Å². The number of hydrogen-bond acceptors (Lipinski definition) is 4. The molecule has 4 rings (SSSR count). The number of carbonyl (C=O) groups is 1. The second-order valence-electron chi connectivity index (χ2n) is 6.77. The molecule has 4 aromatic rings.